The Balaban J connectivity index is 2.44. The van der Waals surface area contributed by atoms with E-state index in [0.717, 1.165) is 6.07 Å². The Morgan fingerprint density at radius 3 is 2.86 bits per heavy atom. The number of hydrogen-bond donors (Lipinski definition) is 1. The molecule has 0 bridgehead atoms. The van der Waals surface area contributed by atoms with Crippen molar-refractivity contribution in [3.05, 3.63) is 29.6 Å². The lowest BCUT2D eigenvalue weighted by Crippen LogP contribution is -2.49. The normalized spacial score (nSPS) is 20.8. The number of sulfone groups is 1. The highest BCUT2D eigenvalue weighted by Gasteiger charge is 2.34. The number of carbonyl (C=O) groups is 1. The molecule has 2 rings (SSSR count). The fourth-order valence-corrected chi connectivity index (χ4v) is 3.96. The van der Waals surface area contributed by atoms with Gasteiger partial charge in [-0.2, -0.15) is 5.26 Å². The molecule has 1 aromatic carbocycles. The van der Waals surface area contributed by atoms with Gasteiger partial charge in [-0.25, -0.2) is 12.8 Å². The lowest BCUT2D eigenvalue weighted by molar-refractivity contribution is -0.137. The van der Waals surface area contributed by atoms with Gasteiger partial charge in [-0.1, -0.05) is 6.07 Å². The van der Waals surface area contributed by atoms with Crippen LogP contribution in [0.25, 0.3) is 0 Å². The van der Waals surface area contributed by atoms with Gasteiger partial charge in [0.15, 0.2) is 9.84 Å². The first-order chi connectivity index (χ1) is 9.84. The first-order valence-electron chi connectivity index (χ1n) is 6.21. The third-order valence-corrected chi connectivity index (χ3v) is 5.05. The van der Waals surface area contributed by atoms with Crippen LogP contribution in [0.3, 0.4) is 0 Å². The predicted molar refractivity (Wildman–Crippen MR) is 73.2 cm³/mol. The fourth-order valence-electron chi connectivity index (χ4n) is 2.44. The van der Waals surface area contributed by atoms with Crippen LogP contribution in [0.15, 0.2) is 18.2 Å². The van der Waals surface area contributed by atoms with Crippen LogP contribution >= 0.6 is 0 Å². The molecule has 6 nitrogen and oxygen atoms in total. The number of nitrogens with zero attached hydrogens (tertiary/aromatic N) is 2. The zero-order valence-electron chi connectivity index (χ0n) is 11.0. The van der Waals surface area contributed by atoms with Gasteiger partial charge in [0.25, 0.3) is 0 Å². The first kappa shape index (κ1) is 15.3. The minimum atomic E-state index is -3.33. The predicted octanol–water partition coefficient (Wildman–Crippen LogP) is 0.775. The third kappa shape index (κ3) is 3.31. The SMILES string of the molecule is N#Cc1c(F)cccc1N1CCS(=O)(=O)CC1CC(=O)O. The second kappa shape index (κ2) is 5.69. The molecule has 0 aromatic heterocycles. The first-order valence-corrected chi connectivity index (χ1v) is 8.03. The Labute approximate surface area is 121 Å². The summed E-state index contributed by atoms with van der Waals surface area (Å²) in [5, 5.41) is 18.0. The molecule has 1 heterocycles. The summed E-state index contributed by atoms with van der Waals surface area (Å²) in [6.07, 6.45) is -0.388. The van der Waals surface area contributed by atoms with E-state index in [4.69, 9.17) is 10.4 Å². The van der Waals surface area contributed by atoms with Crippen LogP contribution in [0.4, 0.5) is 10.1 Å². The van der Waals surface area contributed by atoms with Crippen LogP contribution in [0.5, 0.6) is 0 Å². The lowest BCUT2D eigenvalue weighted by Gasteiger charge is -2.37. The molecular weight excluding hydrogens is 299 g/mol. The van der Waals surface area contributed by atoms with Crippen LogP contribution < -0.4 is 4.90 Å². The zero-order valence-corrected chi connectivity index (χ0v) is 11.8. The van der Waals surface area contributed by atoms with Gasteiger partial charge in [0.1, 0.15) is 17.4 Å². The number of nitriles is 1. The standard InChI is InChI=1S/C13H13FN2O4S/c14-11-2-1-3-12(10(11)7-15)16-4-5-21(19,20)8-9(16)6-13(17)18/h1-3,9H,4-6,8H2,(H,17,18). The number of rotatable bonds is 3. The Morgan fingerprint density at radius 2 is 2.24 bits per heavy atom. The van der Waals surface area contributed by atoms with E-state index in [1.807, 2.05) is 0 Å². The average molecular weight is 312 g/mol. The zero-order chi connectivity index (χ0) is 15.6. The van der Waals surface area contributed by atoms with Crippen LogP contribution in [0.1, 0.15) is 12.0 Å². The molecule has 0 saturated carbocycles. The monoisotopic (exact) mass is 312 g/mol. The van der Waals surface area contributed by atoms with Gasteiger partial charge in [0, 0.05) is 6.54 Å². The highest BCUT2D eigenvalue weighted by Crippen LogP contribution is 2.28. The third-order valence-electron chi connectivity index (χ3n) is 3.35. The second-order valence-corrected chi connectivity index (χ2v) is 7.03. The van der Waals surface area contributed by atoms with Gasteiger partial charge in [0.2, 0.25) is 0 Å². The van der Waals surface area contributed by atoms with Crippen molar-refractivity contribution >= 4 is 21.5 Å². The van der Waals surface area contributed by atoms with Crippen molar-refractivity contribution in [3.8, 4) is 6.07 Å². The van der Waals surface area contributed by atoms with E-state index >= 15 is 0 Å². The van der Waals surface area contributed by atoms with Crippen LogP contribution in [0.2, 0.25) is 0 Å². The molecular formula is C13H13FN2O4S. The molecule has 1 fully saturated rings. The average Bonchev–Trinajstić information content (AvgIpc) is 2.37. The molecule has 1 aliphatic heterocycles. The van der Waals surface area contributed by atoms with Crippen LogP contribution in [-0.4, -0.2) is 43.6 Å². The van der Waals surface area contributed by atoms with Crippen molar-refractivity contribution in [3.63, 3.8) is 0 Å². The number of hydrogen-bond acceptors (Lipinski definition) is 5. The van der Waals surface area contributed by atoms with E-state index in [1.54, 1.807) is 6.07 Å². The van der Waals surface area contributed by atoms with Crippen LogP contribution in [0, 0.1) is 17.1 Å². The maximum absolute atomic E-state index is 13.7. The fraction of sp³-hybridized carbons (Fsp3) is 0.385. The molecule has 0 spiro atoms. The molecule has 1 aliphatic rings. The Hall–Kier alpha value is -2.14. The molecule has 1 saturated heterocycles. The number of halogens is 1. The molecule has 21 heavy (non-hydrogen) atoms. The summed E-state index contributed by atoms with van der Waals surface area (Å²) in [7, 11) is -3.33. The lowest BCUT2D eigenvalue weighted by atomic mass is 10.1. The van der Waals surface area contributed by atoms with Crippen molar-refractivity contribution in [1.82, 2.24) is 0 Å². The Morgan fingerprint density at radius 1 is 1.52 bits per heavy atom. The number of aliphatic carboxylic acids is 1. The smallest absolute Gasteiger partial charge is 0.305 e. The number of carboxylic acid groups (broad SMARTS) is 1. The van der Waals surface area contributed by atoms with Crippen molar-refractivity contribution in [1.29, 1.82) is 5.26 Å². The van der Waals surface area contributed by atoms with E-state index in [0.29, 0.717) is 0 Å². The van der Waals surface area contributed by atoms with Gasteiger partial charge >= 0.3 is 5.97 Å². The summed E-state index contributed by atoms with van der Waals surface area (Å²) in [5.41, 5.74) is 0.0332. The molecule has 8 heteroatoms. The van der Waals surface area contributed by atoms with E-state index in [-0.39, 0.29) is 35.7 Å². The number of carboxylic acids is 1. The molecule has 112 valence electrons. The summed E-state index contributed by atoms with van der Waals surface area (Å²) < 4.78 is 37.0. The largest absolute Gasteiger partial charge is 0.481 e. The van der Waals surface area contributed by atoms with Gasteiger partial charge in [-0.15, -0.1) is 0 Å². The van der Waals surface area contributed by atoms with Crippen LogP contribution in [-0.2, 0) is 14.6 Å². The minimum Gasteiger partial charge on any atom is -0.481 e. The van der Waals surface area contributed by atoms with Gasteiger partial charge in [-0.3, -0.25) is 4.79 Å². The summed E-state index contributed by atoms with van der Waals surface area (Å²) >= 11 is 0. The highest BCUT2D eigenvalue weighted by atomic mass is 32.2. The highest BCUT2D eigenvalue weighted by molar-refractivity contribution is 7.91. The Kier molecular flexibility index (Phi) is 4.14. The maximum Gasteiger partial charge on any atom is 0.305 e. The molecule has 1 aromatic rings. The quantitative estimate of drug-likeness (QED) is 0.885. The van der Waals surface area contributed by atoms with E-state index in [2.05, 4.69) is 0 Å². The molecule has 1 unspecified atom stereocenters. The summed E-state index contributed by atoms with van der Waals surface area (Å²) in [4.78, 5) is 12.4. The second-order valence-electron chi connectivity index (χ2n) is 4.81. The number of benzene rings is 1. The van der Waals surface area contributed by atoms with E-state index in [9.17, 15) is 17.6 Å². The van der Waals surface area contributed by atoms with Gasteiger partial charge < -0.3 is 10.0 Å². The van der Waals surface area contributed by atoms with E-state index < -0.39 is 27.7 Å². The van der Waals surface area contributed by atoms with Crippen molar-refractivity contribution in [2.24, 2.45) is 0 Å². The summed E-state index contributed by atoms with van der Waals surface area (Å²) in [6.45, 7) is 0.0401. The summed E-state index contributed by atoms with van der Waals surface area (Å²) in [5.74, 6) is -2.32. The topological polar surface area (TPSA) is 98.5 Å². The maximum atomic E-state index is 13.7. The Bertz CT molecular complexity index is 711. The number of anilines is 1. The molecule has 0 amide bonds. The molecule has 1 N–H and O–H groups in total. The van der Waals surface area contributed by atoms with Crippen molar-refractivity contribution in [2.75, 3.05) is 23.0 Å². The molecule has 1 atom stereocenters. The minimum absolute atomic E-state index is 0.0401. The van der Waals surface area contributed by atoms with Gasteiger partial charge in [0.05, 0.1) is 29.7 Å². The van der Waals surface area contributed by atoms with Gasteiger partial charge in [-0.05, 0) is 12.1 Å². The molecule has 0 aliphatic carbocycles. The summed E-state index contributed by atoms with van der Waals surface area (Å²) in [6, 6.07) is 4.97. The molecule has 0 radical (unpaired) electrons. The van der Waals surface area contributed by atoms with Crippen molar-refractivity contribution in [2.45, 2.75) is 12.5 Å². The van der Waals surface area contributed by atoms with E-state index in [1.165, 1.54) is 17.0 Å². The van der Waals surface area contributed by atoms with Crippen molar-refractivity contribution < 1.29 is 22.7 Å².